The number of carbonyl (C=O) groups excluding carboxylic acids is 1. The normalized spacial score (nSPS) is 12.2. The number of esters is 1. The van der Waals surface area contributed by atoms with E-state index in [0.717, 1.165) is 0 Å². The summed E-state index contributed by atoms with van der Waals surface area (Å²) < 4.78 is 24.4. The molecule has 0 amide bonds. The van der Waals surface area contributed by atoms with Crippen LogP contribution in [0.5, 0.6) is 5.75 Å². The van der Waals surface area contributed by atoms with E-state index in [4.69, 9.17) is 39.5 Å². The van der Waals surface area contributed by atoms with Gasteiger partial charge in [0.25, 0.3) is 0 Å². The summed E-state index contributed by atoms with van der Waals surface area (Å²) in [7, 11) is -1.11. The zero-order chi connectivity index (χ0) is 15.4. The molecule has 1 aromatic carbocycles. The van der Waals surface area contributed by atoms with Crippen LogP contribution in [0.1, 0.15) is 5.56 Å². The predicted octanol–water partition coefficient (Wildman–Crippen LogP) is 3.90. The number of ether oxygens (including phenoxy) is 1. The quantitative estimate of drug-likeness (QED) is 0.344. The van der Waals surface area contributed by atoms with Gasteiger partial charge in [-0.25, -0.2) is 0 Å². The zero-order valence-electron chi connectivity index (χ0n) is 10.6. The lowest BCUT2D eigenvalue weighted by Crippen LogP contribution is -2.15. The molecule has 0 aliphatic rings. The van der Waals surface area contributed by atoms with Crippen LogP contribution in [-0.2, 0) is 22.2 Å². The average Bonchev–Trinajstić information content (AvgIpc) is 2.37. The molecule has 1 aromatic rings. The molecular formula is C11H12Cl3O5P. The highest BCUT2D eigenvalue weighted by molar-refractivity contribution is 7.54. The van der Waals surface area contributed by atoms with E-state index >= 15 is 0 Å². The summed E-state index contributed by atoms with van der Waals surface area (Å²) in [6.07, 6.45) is -0.516. The molecule has 0 saturated heterocycles. The number of rotatable bonds is 5. The van der Waals surface area contributed by atoms with Crippen LogP contribution in [0.3, 0.4) is 0 Å². The van der Waals surface area contributed by atoms with Crippen LogP contribution in [0, 0.1) is 0 Å². The smallest absolute Gasteiger partial charge is 0.341 e. The summed E-state index contributed by atoms with van der Waals surface area (Å²) in [5.74, 6) is -0.615. The zero-order valence-corrected chi connectivity index (χ0v) is 13.8. The lowest BCUT2D eigenvalue weighted by atomic mass is 10.2. The molecule has 0 fully saturated rings. The summed E-state index contributed by atoms with van der Waals surface area (Å²) in [6, 6.07) is 6.03. The minimum absolute atomic E-state index is 0.164. The van der Waals surface area contributed by atoms with Crippen molar-refractivity contribution in [3.8, 4) is 5.75 Å². The third-order valence-corrected chi connectivity index (χ3v) is 4.68. The lowest BCUT2D eigenvalue weighted by Gasteiger charge is -2.14. The highest BCUT2D eigenvalue weighted by Crippen LogP contribution is 2.46. The van der Waals surface area contributed by atoms with Crippen molar-refractivity contribution in [2.45, 2.75) is 3.79 Å². The van der Waals surface area contributed by atoms with Crippen LogP contribution in [0.15, 0.2) is 24.3 Å². The molecule has 0 heterocycles. The van der Waals surface area contributed by atoms with E-state index in [2.05, 4.69) is 9.05 Å². The van der Waals surface area contributed by atoms with Gasteiger partial charge in [0.2, 0.25) is 3.79 Å². The van der Waals surface area contributed by atoms with Gasteiger partial charge in [-0.3, -0.25) is 9.36 Å². The highest BCUT2D eigenvalue weighted by atomic mass is 35.6. The van der Waals surface area contributed by atoms with Gasteiger partial charge in [0.05, 0.1) is 0 Å². The predicted molar refractivity (Wildman–Crippen MR) is 77.8 cm³/mol. The molecule has 0 aliphatic carbocycles. The monoisotopic (exact) mass is 360 g/mol. The van der Waals surface area contributed by atoms with E-state index in [9.17, 15) is 9.36 Å². The van der Waals surface area contributed by atoms with Crippen LogP contribution in [0.4, 0.5) is 0 Å². The molecule has 5 nitrogen and oxygen atoms in total. The summed E-state index contributed by atoms with van der Waals surface area (Å²) in [4.78, 5) is 11.7. The van der Waals surface area contributed by atoms with Crippen LogP contribution in [-0.4, -0.2) is 26.4 Å². The van der Waals surface area contributed by atoms with Crippen molar-refractivity contribution in [2.24, 2.45) is 0 Å². The first-order valence-corrected chi connectivity index (χ1v) is 8.15. The molecule has 0 aromatic heterocycles. The lowest BCUT2D eigenvalue weighted by molar-refractivity contribution is -0.131. The maximum absolute atomic E-state index is 11.8. The van der Waals surface area contributed by atoms with Gasteiger partial charge < -0.3 is 13.8 Å². The minimum atomic E-state index is -3.47. The topological polar surface area (TPSA) is 61.8 Å². The molecule has 0 atom stereocenters. The second-order valence-electron chi connectivity index (χ2n) is 3.63. The second-order valence-corrected chi connectivity index (χ2v) is 8.18. The Morgan fingerprint density at radius 2 is 1.85 bits per heavy atom. The number of hydrogen-bond acceptors (Lipinski definition) is 5. The van der Waals surface area contributed by atoms with Gasteiger partial charge in [0.1, 0.15) is 11.9 Å². The summed E-state index contributed by atoms with van der Waals surface area (Å²) in [6.45, 7) is 0. The fourth-order valence-electron chi connectivity index (χ4n) is 1.26. The Balaban J connectivity index is 2.79. The van der Waals surface area contributed by atoms with Gasteiger partial charge >= 0.3 is 13.6 Å². The van der Waals surface area contributed by atoms with Gasteiger partial charge in [-0.2, -0.15) is 0 Å². The number of alkyl halides is 3. The maximum atomic E-state index is 11.8. The van der Waals surface area contributed by atoms with Crippen molar-refractivity contribution < 1.29 is 23.1 Å². The van der Waals surface area contributed by atoms with Crippen LogP contribution in [0.2, 0.25) is 0 Å². The van der Waals surface area contributed by atoms with Crippen molar-refractivity contribution >= 4 is 48.4 Å². The van der Waals surface area contributed by atoms with Crippen molar-refractivity contribution in [1.82, 2.24) is 0 Å². The van der Waals surface area contributed by atoms with Crippen molar-refractivity contribution in [3.05, 3.63) is 29.8 Å². The van der Waals surface area contributed by atoms with E-state index in [0.29, 0.717) is 5.56 Å². The third kappa shape index (κ3) is 5.24. The number of halogens is 3. The van der Waals surface area contributed by atoms with Crippen LogP contribution in [0.25, 0.3) is 0 Å². The molecule has 9 heteroatoms. The fraction of sp³-hybridized carbons (Fsp3) is 0.364. The molecule has 0 aliphatic heterocycles. The largest absolute Gasteiger partial charge is 0.426 e. The van der Waals surface area contributed by atoms with Gasteiger partial charge in [-0.05, 0) is 12.1 Å². The highest BCUT2D eigenvalue weighted by Gasteiger charge is 2.27. The molecule has 20 heavy (non-hydrogen) atoms. The SMILES string of the molecule is COP(=O)(CC(=O)Oc1cccc(C(Cl)(Cl)Cl)c1)OC. The Labute approximate surface area is 131 Å². The number of benzene rings is 1. The minimum Gasteiger partial charge on any atom is -0.426 e. The Bertz CT molecular complexity index is 521. The Morgan fingerprint density at radius 3 is 2.35 bits per heavy atom. The molecule has 0 unspecified atom stereocenters. The Morgan fingerprint density at radius 1 is 1.25 bits per heavy atom. The van der Waals surface area contributed by atoms with E-state index in [-0.39, 0.29) is 5.75 Å². The molecular weight excluding hydrogens is 349 g/mol. The van der Waals surface area contributed by atoms with Crippen LogP contribution >= 0.6 is 42.4 Å². The van der Waals surface area contributed by atoms with Gasteiger partial charge in [-0.1, -0.05) is 46.9 Å². The van der Waals surface area contributed by atoms with Crippen molar-refractivity contribution in [2.75, 3.05) is 20.4 Å². The standard InChI is InChI=1S/C11H12Cl3O5P/c1-17-20(16,18-2)7-10(15)19-9-5-3-4-8(6-9)11(12,13)14/h3-6H,7H2,1-2H3. The molecule has 0 N–H and O–H groups in total. The third-order valence-electron chi connectivity index (χ3n) is 2.27. The summed E-state index contributed by atoms with van der Waals surface area (Å²) >= 11 is 17.2. The fourth-order valence-corrected chi connectivity index (χ4v) is 2.40. The Hall–Kier alpha value is -0.290. The molecule has 112 valence electrons. The van der Waals surface area contributed by atoms with E-state index in [1.165, 1.54) is 26.4 Å². The van der Waals surface area contributed by atoms with Crippen LogP contribution < -0.4 is 4.74 Å². The summed E-state index contributed by atoms with van der Waals surface area (Å²) in [5, 5.41) is 0. The van der Waals surface area contributed by atoms with Gasteiger partial charge in [-0.15, -0.1) is 0 Å². The molecule has 0 spiro atoms. The van der Waals surface area contributed by atoms with E-state index in [1.54, 1.807) is 12.1 Å². The molecule has 1 rings (SSSR count). The number of hydrogen-bond donors (Lipinski definition) is 0. The average molecular weight is 362 g/mol. The molecule has 0 saturated carbocycles. The Kier molecular flexibility index (Phi) is 6.32. The molecule has 0 radical (unpaired) electrons. The first-order valence-electron chi connectivity index (χ1n) is 5.28. The second kappa shape index (κ2) is 7.12. The van der Waals surface area contributed by atoms with E-state index in [1.807, 2.05) is 0 Å². The first kappa shape index (κ1) is 17.8. The van der Waals surface area contributed by atoms with Gasteiger partial charge in [0, 0.05) is 19.8 Å². The maximum Gasteiger partial charge on any atom is 0.341 e. The van der Waals surface area contributed by atoms with Crippen molar-refractivity contribution in [1.29, 1.82) is 0 Å². The van der Waals surface area contributed by atoms with E-state index < -0.39 is 23.5 Å². The summed E-state index contributed by atoms with van der Waals surface area (Å²) in [5.41, 5.74) is 0.342. The molecule has 0 bridgehead atoms. The number of carbonyl (C=O) groups is 1. The first-order chi connectivity index (χ1) is 9.20. The van der Waals surface area contributed by atoms with Gasteiger partial charge in [0.15, 0.2) is 0 Å². The van der Waals surface area contributed by atoms with Crippen molar-refractivity contribution in [3.63, 3.8) is 0 Å².